The molecule has 0 saturated carbocycles. The number of aromatic amines is 1. The monoisotopic (exact) mass is 255 g/mol. The van der Waals surface area contributed by atoms with E-state index in [0.717, 1.165) is 18.9 Å². The number of halogens is 2. The van der Waals surface area contributed by atoms with Crippen LogP contribution in [-0.4, -0.2) is 23.1 Å². The molecule has 2 rings (SSSR count). The van der Waals surface area contributed by atoms with Crippen LogP contribution in [0.3, 0.4) is 0 Å². The number of hydrogen-bond acceptors (Lipinski definition) is 3. The van der Waals surface area contributed by atoms with Crippen molar-refractivity contribution >= 4 is 5.95 Å². The average Bonchev–Trinajstić information content (AvgIpc) is 2.38. The molecule has 1 saturated heterocycles. The molecule has 1 fully saturated rings. The fourth-order valence-corrected chi connectivity index (χ4v) is 2.12. The van der Waals surface area contributed by atoms with Crippen molar-refractivity contribution in [2.45, 2.75) is 19.3 Å². The largest absolute Gasteiger partial charge is 0.342 e. The smallest absolute Gasteiger partial charge is 0.280 e. The number of anilines is 1. The van der Waals surface area contributed by atoms with Gasteiger partial charge in [0.2, 0.25) is 5.95 Å². The van der Waals surface area contributed by atoms with Gasteiger partial charge in [0.15, 0.2) is 0 Å². The van der Waals surface area contributed by atoms with Gasteiger partial charge in [0.25, 0.3) is 12.0 Å². The summed E-state index contributed by atoms with van der Waals surface area (Å²) in [5.41, 5.74) is -1.02. The first-order valence-corrected chi connectivity index (χ1v) is 5.87. The third-order valence-electron chi connectivity index (χ3n) is 3.06. The highest BCUT2D eigenvalue weighted by molar-refractivity contribution is 5.31. The molecule has 2 heterocycles. The molecule has 98 valence electrons. The minimum atomic E-state index is -2.73. The van der Waals surface area contributed by atoms with E-state index in [-0.39, 0.29) is 5.95 Å². The maximum absolute atomic E-state index is 12.6. The van der Waals surface area contributed by atoms with Gasteiger partial charge in [-0.1, -0.05) is 6.08 Å². The third kappa shape index (κ3) is 2.75. The molecule has 1 aromatic rings. The number of alkyl halides is 2. The Hall–Kier alpha value is -1.72. The molecule has 1 aromatic heterocycles. The lowest BCUT2D eigenvalue weighted by Gasteiger charge is -2.31. The molecule has 1 N–H and O–H groups in total. The molecule has 18 heavy (non-hydrogen) atoms. The van der Waals surface area contributed by atoms with E-state index in [4.69, 9.17) is 0 Å². The zero-order valence-electron chi connectivity index (χ0n) is 9.90. The SMILES string of the molecule is C=CC1CCCN(c2nc(C(F)F)cc(=O)[nH]2)C1. The van der Waals surface area contributed by atoms with Crippen molar-refractivity contribution in [1.82, 2.24) is 9.97 Å². The standard InChI is InChI=1S/C12H15F2N3O/c1-2-8-4-3-5-17(7-8)12-15-9(11(13)14)6-10(18)16-12/h2,6,8,11H,1,3-5,7H2,(H,15,16,18). The van der Waals surface area contributed by atoms with Crippen LogP contribution in [0.15, 0.2) is 23.5 Å². The Labute approximate surface area is 103 Å². The van der Waals surface area contributed by atoms with Crippen LogP contribution in [-0.2, 0) is 0 Å². The first-order chi connectivity index (χ1) is 8.60. The lowest BCUT2D eigenvalue weighted by molar-refractivity contribution is 0.146. The molecular formula is C12H15F2N3O. The highest BCUT2D eigenvalue weighted by Gasteiger charge is 2.21. The van der Waals surface area contributed by atoms with Crippen LogP contribution < -0.4 is 10.5 Å². The summed E-state index contributed by atoms with van der Waals surface area (Å²) in [4.78, 5) is 19.5. The van der Waals surface area contributed by atoms with Gasteiger partial charge < -0.3 is 4.90 Å². The molecule has 6 heteroatoms. The quantitative estimate of drug-likeness (QED) is 0.841. The summed E-state index contributed by atoms with van der Waals surface area (Å²) in [6, 6.07) is 0.836. The summed E-state index contributed by atoms with van der Waals surface area (Å²) in [7, 11) is 0. The molecule has 0 aromatic carbocycles. The van der Waals surface area contributed by atoms with Crippen LogP contribution in [0.4, 0.5) is 14.7 Å². The van der Waals surface area contributed by atoms with Crippen molar-refractivity contribution < 1.29 is 8.78 Å². The Morgan fingerprint density at radius 1 is 1.61 bits per heavy atom. The van der Waals surface area contributed by atoms with Gasteiger partial charge in [-0.15, -0.1) is 6.58 Å². The fourth-order valence-electron chi connectivity index (χ4n) is 2.12. The van der Waals surface area contributed by atoms with Crippen LogP contribution in [0.25, 0.3) is 0 Å². The zero-order chi connectivity index (χ0) is 13.1. The van der Waals surface area contributed by atoms with Gasteiger partial charge in [-0.2, -0.15) is 0 Å². The Balaban J connectivity index is 2.27. The molecular weight excluding hydrogens is 240 g/mol. The minimum Gasteiger partial charge on any atom is -0.342 e. The van der Waals surface area contributed by atoms with Crippen LogP contribution in [0.5, 0.6) is 0 Å². The van der Waals surface area contributed by atoms with E-state index < -0.39 is 17.7 Å². The van der Waals surface area contributed by atoms with E-state index in [1.54, 1.807) is 0 Å². The van der Waals surface area contributed by atoms with Gasteiger partial charge in [-0.05, 0) is 18.8 Å². The summed E-state index contributed by atoms with van der Waals surface area (Å²) < 4.78 is 25.2. The lowest BCUT2D eigenvalue weighted by Crippen LogP contribution is -2.37. The lowest BCUT2D eigenvalue weighted by atomic mass is 9.99. The van der Waals surface area contributed by atoms with Crippen molar-refractivity contribution in [3.63, 3.8) is 0 Å². The van der Waals surface area contributed by atoms with Gasteiger partial charge in [0, 0.05) is 19.2 Å². The van der Waals surface area contributed by atoms with E-state index in [2.05, 4.69) is 16.5 Å². The number of nitrogens with one attached hydrogen (secondary N) is 1. The number of nitrogens with zero attached hydrogens (tertiary/aromatic N) is 2. The fraction of sp³-hybridized carbons (Fsp3) is 0.500. The number of aromatic nitrogens is 2. The van der Waals surface area contributed by atoms with Gasteiger partial charge in [0.1, 0.15) is 5.69 Å². The molecule has 1 aliphatic rings. The summed E-state index contributed by atoms with van der Waals surface area (Å²) in [5.74, 6) is 0.531. The first-order valence-electron chi connectivity index (χ1n) is 5.87. The Morgan fingerprint density at radius 3 is 3.06 bits per heavy atom. The van der Waals surface area contributed by atoms with Crippen molar-refractivity contribution in [3.8, 4) is 0 Å². The van der Waals surface area contributed by atoms with Gasteiger partial charge in [-0.3, -0.25) is 9.78 Å². The van der Waals surface area contributed by atoms with Crippen LogP contribution >= 0.6 is 0 Å². The Morgan fingerprint density at radius 2 is 2.39 bits per heavy atom. The first kappa shape index (κ1) is 12.7. The van der Waals surface area contributed by atoms with Gasteiger partial charge in [-0.25, -0.2) is 13.8 Å². The van der Waals surface area contributed by atoms with E-state index in [1.165, 1.54) is 0 Å². The third-order valence-corrected chi connectivity index (χ3v) is 3.06. The number of piperidine rings is 1. The highest BCUT2D eigenvalue weighted by Crippen LogP contribution is 2.22. The molecule has 4 nitrogen and oxygen atoms in total. The van der Waals surface area contributed by atoms with Crippen molar-refractivity contribution in [3.05, 3.63) is 34.8 Å². The summed E-state index contributed by atoms with van der Waals surface area (Å²) >= 11 is 0. The number of rotatable bonds is 3. The van der Waals surface area contributed by atoms with Crippen LogP contribution in [0, 0.1) is 5.92 Å². The van der Waals surface area contributed by atoms with Crippen molar-refractivity contribution in [1.29, 1.82) is 0 Å². The minimum absolute atomic E-state index is 0.226. The maximum Gasteiger partial charge on any atom is 0.280 e. The van der Waals surface area contributed by atoms with Crippen LogP contribution in [0.1, 0.15) is 25.0 Å². The molecule has 1 aliphatic heterocycles. The van der Waals surface area contributed by atoms with Crippen molar-refractivity contribution in [2.75, 3.05) is 18.0 Å². The second-order valence-electron chi connectivity index (χ2n) is 4.38. The Kier molecular flexibility index (Phi) is 3.74. The maximum atomic E-state index is 12.6. The van der Waals surface area contributed by atoms with Crippen LogP contribution in [0.2, 0.25) is 0 Å². The molecule has 0 bridgehead atoms. The molecule has 0 spiro atoms. The van der Waals surface area contributed by atoms with E-state index in [9.17, 15) is 13.6 Å². The second kappa shape index (κ2) is 5.29. The van der Waals surface area contributed by atoms with Gasteiger partial charge in [0.05, 0.1) is 0 Å². The normalized spacial score (nSPS) is 20.2. The molecule has 0 amide bonds. The second-order valence-corrected chi connectivity index (χ2v) is 4.38. The number of hydrogen-bond donors (Lipinski definition) is 1. The molecule has 1 atom stereocenters. The zero-order valence-corrected chi connectivity index (χ0v) is 9.90. The molecule has 1 unspecified atom stereocenters. The molecule has 0 radical (unpaired) electrons. The van der Waals surface area contributed by atoms with Crippen molar-refractivity contribution in [2.24, 2.45) is 5.92 Å². The molecule has 0 aliphatic carbocycles. The van der Waals surface area contributed by atoms with Gasteiger partial charge >= 0.3 is 0 Å². The summed E-state index contributed by atoms with van der Waals surface area (Å²) in [6.07, 6.45) is 1.07. The van der Waals surface area contributed by atoms with E-state index >= 15 is 0 Å². The topological polar surface area (TPSA) is 49.0 Å². The van der Waals surface area contributed by atoms with E-state index in [0.29, 0.717) is 19.0 Å². The summed E-state index contributed by atoms with van der Waals surface area (Å²) in [5, 5.41) is 0. The average molecular weight is 255 g/mol. The number of H-pyrrole nitrogens is 1. The predicted octanol–water partition coefficient (Wildman–Crippen LogP) is 2.11. The Bertz CT molecular complexity index is 486. The summed E-state index contributed by atoms with van der Waals surface area (Å²) in [6.45, 7) is 5.10. The predicted molar refractivity (Wildman–Crippen MR) is 64.9 cm³/mol. The highest BCUT2D eigenvalue weighted by atomic mass is 19.3. The van der Waals surface area contributed by atoms with E-state index in [1.807, 2.05) is 11.0 Å².